The van der Waals surface area contributed by atoms with E-state index in [1.807, 2.05) is 0 Å². The number of thioether (sulfide) groups is 1. The predicted octanol–water partition coefficient (Wildman–Crippen LogP) is 2.60. The zero-order chi connectivity index (χ0) is 10.2. The molecular weight excluding hydrogens is 192 g/mol. The molecule has 0 aromatic heterocycles. The summed E-state index contributed by atoms with van der Waals surface area (Å²) in [5, 5.41) is 6.77. The Hall–Kier alpha value is -0.180. The molecule has 3 heteroatoms. The van der Waals surface area contributed by atoms with E-state index >= 15 is 0 Å². The van der Waals surface area contributed by atoms with E-state index in [2.05, 4.69) is 42.8 Å². The summed E-state index contributed by atoms with van der Waals surface area (Å²) in [5.41, 5.74) is 1.60. The van der Waals surface area contributed by atoms with Crippen LogP contribution < -0.4 is 0 Å². The van der Waals surface area contributed by atoms with E-state index in [1.54, 1.807) is 0 Å². The van der Waals surface area contributed by atoms with Crippen LogP contribution in [0.2, 0.25) is 0 Å². The highest BCUT2D eigenvalue weighted by atomic mass is 32.2. The number of hydrazone groups is 1. The lowest BCUT2D eigenvalue weighted by Crippen LogP contribution is -2.46. The minimum Gasteiger partial charge on any atom is -0.294 e. The lowest BCUT2D eigenvalue weighted by Gasteiger charge is -2.41. The maximum Gasteiger partial charge on any atom is 0.0636 e. The van der Waals surface area contributed by atoms with Crippen molar-refractivity contribution < 1.29 is 0 Å². The molecule has 2 aliphatic rings. The topological polar surface area (TPSA) is 15.6 Å². The second kappa shape index (κ2) is 3.76. The maximum absolute atomic E-state index is 4.56. The normalized spacial score (nSPS) is 38.6. The molecule has 2 aliphatic heterocycles. The molecule has 0 spiro atoms. The summed E-state index contributed by atoms with van der Waals surface area (Å²) in [5.74, 6) is 3.51. The minimum absolute atomic E-state index is 0.303. The van der Waals surface area contributed by atoms with Crippen molar-refractivity contribution in [3.63, 3.8) is 0 Å². The number of hydrogen-bond donors (Lipinski definition) is 0. The van der Waals surface area contributed by atoms with E-state index in [1.165, 1.54) is 30.1 Å². The SMILES string of the molecule is CC1=NN(C)C(C)(C2CCCSC2)C1. The molecule has 0 aromatic rings. The zero-order valence-electron chi connectivity index (χ0n) is 9.42. The van der Waals surface area contributed by atoms with Gasteiger partial charge in [-0.15, -0.1) is 0 Å². The molecule has 14 heavy (non-hydrogen) atoms. The molecule has 2 nitrogen and oxygen atoms in total. The molecule has 2 atom stereocenters. The molecular formula is C11H20N2S. The van der Waals surface area contributed by atoms with E-state index in [9.17, 15) is 0 Å². The van der Waals surface area contributed by atoms with Crippen molar-refractivity contribution in [1.29, 1.82) is 0 Å². The average molecular weight is 212 g/mol. The van der Waals surface area contributed by atoms with E-state index in [4.69, 9.17) is 0 Å². The van der Waals surface area contributed by atoms with Crippen LogP contribution in [0.3, 0.4) is 0 Å². The summed E-state index contributed by atoms with van der Waals surface area (Å²) in [6.07, 6.45) is 3.93. The summed E-state index contributed by atoms with van der Waals surface area (Å²) < 4.78 is 0. The van der Waals surface area contributed by atoms with Crippen LogP contribution in [0.1, 0.15) is 33.1 Å². The van der Waals surface area contributed by atoms with Crippen molar-refractivity contribution in [3.05, 3.63) is 0 Å². The van der Waals surface area contributed by atoms with Gasteiger partial charge >= 0.3 is 0 Å². The van der Waals surface area contributed by atoms with Crippen LogP contribution in [0.25, 0.3) is 0 Å². The molecule has 0 amide bonds. The van der Waals surface area contributed by atoms with Crippen molar-refractivity contribution in [2.45, 2.75) is 38.6 Å². The molecule has 1 fully saturated rings. The van der Waals surface area contributed by atoms with Gasteiger partial charge in [0.25, 0.3) is 0 Å². The third-order valence-corrected chi connectivity index (χ3v) is 4.93. The molecule has 0 saturated carbocycles. The summed E-state index contributed by atoms with van der Waals surface area (Å²) >= 11 is 2.11. The van der Waals surface area contributed by atoms with Gasteiger partial charge in [0.15, 0.2) is 0 Å². The van der Waals surface area contributed by atoms with E-state index in [0.29, 0.717) is 5.54 Å². The standard InChI is InChI=1S/C11H20N2S/c1-9-7-11(2,13(3)12-9)10-5-4-6-14-8-10/h10H,4-8H2,1-3H3. The Bertz CT molecular complexity index is 246. The third-order valence-electron chi connectivity index (χ3n) is 3.71. The number of hydrogen-bond acceptors (Lipinski definition) is 3. The lowest BCUT2D eigenvalue weighted by molar-refractivity contribution is 0.104. The highest BCUT2D eigenvalue weighted by Crippen LogP contribution is 2.39. The second-order valence-corrected chi connectivity index (χ2v) is 5.96. The summed E-state index contributed by atoms with van der Waals surface area (Å²) in [7, 11) is 2.13. The Morgan fingerprint density at radius 3 is 2.86 bits per heavy atom. The predicted molar refractivity (Wildman–Crippen MR) is 63.9 cm³/mol. The van der Waals surface area contributed by atoms with E-state index < -0.39 is 0 Å². The Kier molecular flexibility index (Phi) is 2.78. The van der Waals surface area contributed by atoms with Crippen molar-refractivity contribution >= 4 is 17.5 Å². The van der Waals surface area contributed by atoms with Crippen LogP contribution in [0.15, 0.2) is 5.10 Å². The van der Waals surface area contributed by atoms with Gasteiger partial charge in [0.1, 0.15) is 0 Å². The Balaban J connectivity index is 2.08. The molecule has 0 bridgehead atoms. The van der Waals surface area contributed by atoms with Gasteiger partial charge in [-0.3, -0.25) is 5.01 Å². The van der Waals surface area contributed by atoms with Crippen LogP contribution in [-0.4, -0.2) is 34.8 Å². The van der Waals surface area contributed by atoms with Crippen molar-refractivity contribution in [1.82, 2.24) is 5.01 Å². The Morgan fingerprint density at radius 1 is 1.57 bits per heavy atom. The summed E-state index contributed by atoms with van der Waals surface area (Å²) in [4.78, 5) is 0. The fourth-order valence-corrected chi connectivity index (χ4v) is 4.03. The smallest absolute Gasteiger partial charge is 0.0636 e. The van der Waals surface area contributed by atoms with Gasteiger partial charge in [0.05, 0.1) is 5.54 Å². The van der Waals surface area contributed by atoms with Gasteiger partial charge in [0.2, 0.25) is 0 Å². The maximum atomic E-state index is 4.56. The number of rotatable bonds is 1. The lowest BCUT2D eigenvalue weighted by atomic mass is 9.80. The first-order valence-electron chi connectivity index (χ1n) is 5.48. The largest absolute Gasteiger partial charge is 0.294 e. The summed E-state index contributed by atoms with van der Waals surface area (Å²) in [6, 6.07) is 0. The van der Waals surface area contributed by atoms with Gasteiger partial charge < -0.3 is 0 Å². The highest BCUT2D eigenvalue weighted by Gasteiger charge is 2.42. The molecule has 80 valence electrons. The summed E-state index contributed by atoms with van der Waals surface area (Å²) in [6.45, 7) is 4.53. The first kappa shape index (κ1) is 10.3. The van der Waals surface area contributed by atoms with Crippen LogP contribution in [0.4, 0.5) is 0 Å². The van der Waals surface area contributed by atoms with Gasteiger partial charge in [-0.2, -0.15) is 16.9 Å². The average Bonchev–Trinajstić information content (AvgIpc) is 2.43. The fourth-order valence-electron chi connectivity index (χ4n) is 2.68. The van der Waals surface area contributed by atoms with Crippen molar-refractivity contribution in [2.24, 2.45) is 11.0 Å². The van der Waals surface area contributed by atoms with Crippen LogP contribution in [-0.2, 0) is 0 Å². The van der Waals surface area contributed by atoms with Crippen LogP contribution >= 0.6 is 11.8 Å². The molecule has 0 radical (unpaired) electrons. The Morgan fingerprint density at radius 2 is 2.36 bits per heavy atom. The molecule has 2 rings (SSSR count). The molecule has 0 N–H and O–H groups in total. The quantitative estimate of drug-likeness (QED) is 0.664. The highest BCUT2D eigenvalue weighted by molar-refractivity contribution is 7.99. The van der Waals surface area contributed by atoms with Crippen molar-refractivity contribution in [2.75, 3.05) is 18.6 Å². The molecule has 2 unspecified atom stereocenters. The fraction of sp³-hybridized carbons (Fsp3) is 0.909. The Labute approximate surface area is 91.1 Å². The molecule has 0 aliphatic carbocycles. The van der Waals surface area contributed by atoms with Crippen LogP contribution in [0, 0.1) is 5.92 Å². The molecule has 0 aromatic carbocycles. The van der Waals surface area contributed by atoms with E-state index in [-0.39, 0.29) is 0 Å². The first-order valence-corrected chi connectivity index (χ1v) is 6.64. The van der Waals surface area contributed by atoms with Gasteiger partial charge in [-0.05, 0) is 44.1 Å². The number of nitrogens with zero attached hydrogens (tertiary/aromatic N) is 2. The van der Waals surface area contributed by atoms with Crippen molar-refractivity contribution in [3.8, 4) is 0 Å². The first-order chi connectivity index (χ1) is 6.63. The second-order valence-electron chi connectivity index (χ2n) is 4.81. The minimum atomic E-state index is 0.303. The molecule has 1 saturated heterocycles. The zero-order valence-corrected chi connectivity index (χ0v) is 10.2. The molecule has 2 heterocycles. The van der Waals surface area contributed by atoms with E-state index in [0.717, 1.165) is 12.3 Å². The van der Waals surface area contributed by atoms with Gasteiger partial charge in [0, 0.05) is 19.2 Å². The third kappa shape index (κ3) is 1.67. The van der Waals surface area contributed by atoms with Gasteiger partial charge in [-0.1, -0.05) is 0 Å². The van der Waals surface area contributed by atoms with Gasteiger partial charge in [-0.25, -0.2) is 0 Å². The monoisotopic (exact) mass is 212 g/mol. The van der Waals surface area contributed by atoms with Crippen LogP contribution in [0.5, 0.6) is 0 Å².